The Hall–Kier alpha value is -3.64. The minimum Gasteiger partial charge on any atom is -0.478 e. The summed E-state index contributed by atoms with van der Waals surface area (Å²) in [4.78, 5) is 16.5. The second-order valence-electron chi connectivity index (χ2n) is 18.1. The second kappa shape index (κ2) is 33.0. The lowest BCUT2D eigenvalue weighted by Gasteiger charge is -2.17. The molecule has 2 N–H and O–H groups in total. The van der Waals surface area contributed by atoms with Gasteiger partial charge in [0.2, 0.25) is 0 Å². The number of carboxylic acids is 1. The highest BCUT2D eigenvalue weighted by atomic mass is 16.5. The molecule has 1 aliphatic carbocycles. The van der Waals surface area contributed by atoms with E-state index in [-0.39, 0.29) is 5.56 Å². The number of nitrogens with one attached hydrogen (secondary N) is 1. The number of aromatic carboxylic acids is 1. The molecule has 6 heteroatoms. The van der Waals surface area contributed by atoms with Crippen molar-refractivity contribution in [1.82, 2.24) is 0 Å². The number of nitrogens with zero attached hydrogens (tertiary/aromatic N) is 1. The smallest absolute Gasteiger partial charge is 0.336 e. The number of benzene rings is 3. The summed E-state index contributed by atoms with van der Waals surface area (Å²) in [7, 11) is 1.75. The van der Waals surface area contributed by atoms with Crippen molar-refractivity contribution in [3.63, 3.8) is 0 Å². The fourth-order valence-electron chi connectivity index (χ4n) is 9.04. The number of rotatable bonds is 38. The number of fused-ring (bicyclic) bond motifs is 2. The van der Waals surface area contributed by atoms with Gasteiger partial charge in [0, 0.05) is 61.1 Å². The maximum absolute atomic E-state index is 12.2. The van der Waals surface area contributed by atoms with Crippen LogP contribution < -0.4 is 10.7 Å². The van der Waals surface area contributed by atoms with E-state index in [4.69, 9.17) is 9.15 Å². The second-order valence-corrected chi connectivity index (χ2v) is 18.1. The molecule has 0 bridgehead atoms. The Morgan fingerprint density at radius 2 is 1.05 bits per heavy atom. The van der Waals surface area contributed by atoms with Gasteiger partial charge in [0.15, 0.2) is 0 Å². The molecule has 0 unspecified atom stereocenters. The molecule has 0 aromatic heterocycles. The van der Waals surface area contributed by atoms with Crippen LogP contribution in [0.1, 0.15) is 216 Å². The number of carbonyl (C=O) groups is 1. The fourth-order valence-corrected chi connectivity index (χ4v) is 9.04. The number of anilines is 1. The Bertz CT molecular complexity index is 1800. The molecule has 1 aliphatic heterocycles. The van der Waals surface area contributed by atoms with Crippen molar-refractivity contribution >= 4 is 22.6 Å². The number of unbranched alkanes of at least 4 members (excludes halogenated alkanes) is 29. The van der Waals surface area contributed by atoms with Crippen molar-refractivity contribution in [2.24, 2.45) is 4.99 Å². The van der Waals surface area contributed by atoms with E-state index in [0.29, 0.717) is 16.9 Å². The van der Waals surface area contributed by atoms with Gasteiger partial charge in [-0.1, -0.05) is 211 Å². The van der Waals surface area contributed by atoms with Gasteiger partial charge in [0.05, 0.1) is 10.9 Å². The first-order valence-corrected chi connectivity index (χ1v) is 25.7. The summed E-state index contributed by atoms with van der Waals surface area (Å²) in [5, 5.41) is 15.2. The monoisotopic (exact) mass is 851 g/mol. The third-order valence-electron chi connectivity index (χ3n) is 12.8. The van der Waals surface area contributed by atoms with Crippen LogP contribution in [-0.4, -0.2) is 37.9 Å². The molecule has 344 valence electrons. The molecule has 0 fully saturated rings. The third kappa shape index (κ3) is 20.2. The minimum atomic E-state index is -0.953. The van der Waals surface area contributed by atoms with Gasteiger partial charge < -0.3 is 19.6 Å². The van der Waals surface area contributed by atoms with Crippen LogP contribution in [0.3, 0.4) is 0 Å². The molecule has 0 amide bonds. The van der Waals surface area contributed by atoms with E-state index in [2.05, 4.69) is 17.2 Å². The molecule has 4 rings (SSSR count). The van der Waals surface area contributed by atoms with Crippen molar-refractivity contribution < 1.29 is 19.1 Å². The molecule has 2 aliphatic rings. The summed E-state index contributed by atoms with van der Waals surface area (Å²) in [5.41, 5.74) is 4.29. The lowest BCUT2D eigenvalue weighted by Crippen LogP contribution is -2.07. The molecule has 62 heavy (non-hydrogen) atoms. The molecule has 2 aromatic rings. The van der Waals surface area contributed by atoms with Gasteiger partial charge in [0.25, 0.3) is 0 Å². The van der Waals surface area contributed by atoms with E-state index in [1.165, 1.54) is 186 Å². The zero-order valence-electron chi connectivity index (χ0n) is 39.4. The summed E-state index contributed by atoms with van der Waals surface area (Å²) in [6.45, 7) is 4.69. The van der Waals surface area contributed by atoms with Crippen LogP contribution in [0.4, 0.5) is 5.69 Å². The predicted octanol–water partition coefficient (Wildman–Crippen LogP) is 17.0. The topological polar surface area (TPSA) is 84.1 Å². The normalized spacial score (nSPS) is 11.9. The van der Waals surface area contributed by atoms with Gasteiger partial charge in [-0.2, -0.15) is 0 Å². The highest BCUT2D eigenvalue weighted by Crippen LogP contribution is 2.41. The van der Waals surface area contributed by atoms with E-state index < -0.39 is 5.97 Å². The molecule has 2 aromatic carbocycles. The zero-order chi connectivity index (χ0) is 43.7. The maximum atomic E-state index is 12.2. The van der Waals surface area contributed by atoms with Crippen LogP contribution in [0, 0.1) is 0 Å². The van der Waals surface area contributed by atoms with Crippen LogP contribution in [0.2, 0.25) is 0 Å². The maximum Gasteiger partial charge on any atom is 0.336 e. The van der Waals surface area contributed by atoms with Crippen molar-refractivity contribution in [2.75, 3.05) is 32.1 Å². The van der Waals surface area contributed by atoms with Crippen molar-refractivity contribution in [2.45, 2.75) is 206 Å². The lowest BCUT2D eigenvalue weighted by atomic mass is 9.90. The van der Waals surface area contributed by atoms with E-state index in [1.54, 1.807) is 19.2 Å². The van der Waals surface area contributed by atoms with Crippen LogP contribution in [-0.2, 0) is 4.74 Å². The van der Waals surface area contributed by atoms with Gasteiger partial charge in [-0.3, -0.25) is 4.99 Å². The molecule has 0 radical (unpaired) electrons. The lowest BCUT2D eigenvalue weighted by molar-refractivity contribution is 0.0697. The largest absolute Gasteiger partial charge is 0.478 e. The third-order valence-corrected chi connectivity index (χ3v) is 12.8. The first-order chi connectivity index (χ1) is 30.6. The summed E-state index contributed by atoms with van der Waals surface area (Å²) < 4.78 is 12.3. The summed E-state index contributed by atoms with van der Waals surface area (Å²) in [5.74, 6) is -0.284. The number of ether oxygens (including phenoxy) is 1. The Morgan fingerprint density at radius 3 is 1.55 bits per heavy atom. The molecule has 1 heterocycles. The Balaban J connectivity index is 0.916. The summed E-state index contributed by atoms with van der Waals surface area (Å²) in [6, 6.07) is 19.0. The highest BCUT2D eigenvalue weighted by molar-refractivity contribution is 6.07. The van der Waals surface area contributed by atoms with Crippen LogP contribution in [0.25, 0.3) is 33.4 Å². The minimum absolute atomic E-state index is 0.263. The van der Waals surface area contributed by atoms with Gasteiger partial charge in [-0.15, -0.1) is 0 Å². The molecular formula is C56H86N2O4. The molecule has 0 saturated carbocycles. The molecule has 0 saturated heterocycles. The van der Waals surface area contributed by atoms with Crippen LogP contribution in [0.5, 0.6) is 0 Å². The van der Waals surface area contributed by atoms with Crippen molar-refractivity contribution in [1.29, 1.82) is 0 Å². The zero-order valence-corrected chi connectivity index (χ0v) is 39.4. The summed E-state index contributed by atoms with van der Waals surface area (Å²) in [6.07, 6.45) is 43.7. The summed E-state index contributed by atoms with van der Waals surface area (Å²) >= 11 is 0. The Labute approximate surface area is 377 Å². The standard InChI is InChI=1S/C56H86N2O4/c1-3-4-5-6-7-8-9-10-11-12-13-14-15-16-17-18-19-20-21-22-23-24-25-26-27-28-29-30-31-34-43-61-44-35-42-58-48-39-41-52-54(46-48)62-53-45-47(57-2)38-40-51(53)55(52)49-36-32-33-37-50(49)56(59)60/h32-33,36-41,45-46,58H,3-31,34-35,42-44H2,1-2H3,(H,59,60)/b57-47+. The number of hydrogen-bond acceptors (Lipinski definition) is 5. The van der Waals surface area contributed by atoms with Crippen molar-refractivity contribution in [3.8, 4) is 22.5 Å². The predicted molar refractivity (Wildman–Crippen MR) is 265 cm³/mol. The van der Waals surface area contributed by atoms with Crippen LogP contribution in [0.15, 0.2) is 70.1 Å². The number of carboxylic acid groups (broad SMARTS) is 1. The molecular weight excluding hydrogens is 765 g/mol. The average molecular weight is 851 g/mol. The van der Waals surface area contributed by atoms with Crippen LogP contribution >= 0.6 is 0 Å². The molecule has 6 nitrogen and oxygen atoms in total. The van der Waals surface area contributed by atoms with E-state index in [9.17, 15) is 9.90 Å². The van der Waals surface area contributed by atoms with E-state index in [1.807, 2.05) is 48.5 Å². The quantitative estimate of drug-likeness (QED) is 0.0347. The van der Waals surface area contributed by atoms with Gasteiger partial charge >= 0.3 is 5.97 Å². The van der Waals surface area contributed by atoms with Gasteiger partial charge in [-0.25, -0.2) is 4.79 Å². The first-order valence-electron chi connectivity index (χ1n) is 25.7. The van der Waals surface area contributed by atoms with E-state index in [0.717, 1.165) is 60.2 Å². The fraction of sp³-hybridized carbons (Fsp3) is 0.643. The van der Waals surface area contributed by atoms with Gasteiger partial charge in [-0.05, 0) is 48.7 Å². The molecule has 0 atom stereocenters. The SMILES string of the molecule is CCCCCCCCCCCCCCCCCCCCCCCCCCCCCCCCOCCCNc1ccc2c(-c3ccccc3C(=O)O)c3cc/c(=N\C)cc-3oc2c1. The Morgan fingerprint density at radius 1 is 0.565 bits per heavy atom. The van der Waals surface area contributed by atoms with Crippen molar-refractivity contribution in [3.05, 3.63) is 71.6 Å². The Kier molecular flexibility index (Phi) is 27.1. The average Bonchev–Trinajstić information content (AvgIpc) is 3.29. The first kappa shape index (κ1) is 51.0. The highest BCUT2D eigenvalue weighted by Gasteiger charge is 2.21. The van der Waals surface area contributed by atoms with E-state index >= 15 is 0 Å². The number of hydrogen-bond donors (Lipinski definition) is 2. The van der Waals surface area contributed by atoms with Gasteiger partial charge in [0.1, 0.15) is 11.3 Å². The molecule has 0 spiro atoms.